The number of fused-ring (bicyclic) bond motifs is 1. The second-order valence-corrected chi connectivity index (χ2v) is 8.58. The molecule has 3 nitrogen and oxygen atoms in total. The van der Waals surface area contributed by atoms with Crippen LogP contribution in [0.4, 0.5) is 5.13 Å². The summed E-state index contributed by atoms with van der Waals surface area (Å²) in [6.07, 6.45) is 3.32. The van der Waals surface area contributed by atoms with Crippen molar-refractivity contribution in [1.82, 2.24) is 4.98 Å². The smallest absolute Gasteiger partial charge is 0.253 e. The Balaban J connectivity index is 1.72. The fourth-order valence-electron chi connectivity index (χ4n) is 3.35. The Morgan fingerprint density at radius 3 is 2.57 bits per heavy atom. The van der Waals surface area contributed by atoms with Gasteiger partial charge in [0.25, 0.3) is 5.91 Å². The third kappa shape index (κ3) is 4.45. The first-order chi connectivity index (χ1) is 14.5. The zero-order valence-electron chi connectivity index (χ0n) is 16.8. The zero-order valence-corrected chi connectivity index (χ0v) is 18.4. The molecular formula is C25H21ClN2OS. The summed E-state index contributed by atoms with van der Waals surface area (Å²) in [5, 5.41) is 1.30. The van der Waals surface area contributed by atoms with Gasteiger partial charge < -0.3 is 0 Å². The van der Waals surface area contributed by atoms with E-state index >= 15 is 0 Å². The quantitative estimate of drug-likeness (QED) is 0.324. The lowest BCUT2D eigenvalue weighted by atomic mass is 10.1. The van der Waals surface area contributed by atoms with Crippen LogP contribution >= 0.6 is 22.9 Å². The van der Waals surface area contributed by atoms with E-state index in [0.717, 1.165) is 26.9 Å². The van der Waals surface area contributed by atoms with Gasteiger partial charge in [0.2, 0.25) is 0 Å². The van der Waals surface area contributed by atoms with Gasteiger partial charge in [0, 0.05) is 11.1 Å². The summed E-state index contributed by atoms with van der Waals surface area (Å²) >= 11 is 7.78. The van der Waals surface area contributed by atoms with Crippen molar-refractivity contribution in [2.75, 3.05) is 4.90 Å². The average molecular weight is 433 g/mol. The third-order valence-electron chi connectivity index (χ3n) is 4.80. The van der Waals surface area contributed by atoms with Crippen molar-refractivity contribution >= 4 is 50.3 Å². The molecule has 30 heavy (non-hydrogen) atoms. The molecule has 0 radical (unpaired) electrons. The molecule has 1 aromatic heterocycles. The predicted octanol–water partition coefficient (Wildman–Crippen LogP) is 6.81. The van der Waals surface area contributed by atoms with Gasteiger partial charge in [-0.25, -0.2) is 4.98 Å². The van der Waals surface area contributed by atoms with Gasteiger partial charge >= 0.3 is 0 Å². The summed E-state index contributed by atoms with van der Waals surface area (Å²) in [4.78, 5) is 19.7. The fourth-order valence-corrected chi connectivity index (χ4v) is 4.57. The topological polar surface area (TPSA) is 33.2 Å². The third-order valence-corrected chi connectivity index (χ3v) is 6.37. The molecule has 0 saturated heterocycles. The van der Waals surface area contributed by atoms with E-state index in [9.17, 15) is 4.79 Å². The van der Waals surface area contributed by atoms with Gasteiger partial charge in [-0.3, -0.25) is 9.69 Å². The Bertz CT molecular complexity index is 1230. The largest absolute Gasteiger partial charge is 0.280 e. The van der Waals surface area contributed by atoms with E-state index in [4.69, 9.17) is 16.6 Å². The molecule has 0 saturated carbocycles. The highest BCUT2D eigenvalue weighted by molar-refractivity contribution is 7.22. The first-order valence-electron chi connectivity index (χ1n) is 9.67. The Labute approximate surface area is 185 Å². The van der Waals surface area contributed by atoms with Gasteiger partial charge in [-0.2, -0.15) is 0 Å². The molecule has 0 aliphatic rings. The van der Waals surface area contributed by atoms with Crippen LogP contribution in [0.1, 0.15) is 22.3 Å². The molecule has 0 unspecified atom stereocenters. The Morgan fingerprint density at radius 2 is 1.80 bits per heavy atom. The molecule has 0 atom stereocenters. The molecule has 0 fully saturated rings. The van der Waals surface area contributed by atoms with Gasteiger partial charge in [0.1, 0.15) is 0 Å². The number of rotatable bonds is 5. The maximum Gasteiger partial charge on any atom is 0.253 e. The standard InChI is InChI=1S/C25H21ClN2OS/c1-17-14-18(2)24-22(15-17)27-25(30-24)28(16-19-8-4-3-5-9-19)23(29)13-12-20-10-6-7-11-21(20)26/h3-15H,16H2,1-2H3/b13-12+. The number of thiazole rings is 1. The van der Waals surface area contributed by atoms with E-state index in [1.807, 2.05) is 54.6 Å². The number of aromatic nitrogens is 1. The van der Waals surface area contributed by atoms with E-state index in [1.54, 1.807) is 28.4 Å². The first-order valence-corrected chi connectivity index (χ1v) is 10.9. The maximum atomic E-state index is 13.2. The minimum absolute atomic E-state index is 0.132. The van der Waals surface area contributed by atoms with Gasteiger partial charge in [0.15, 0.2) is 5.13 Å². The number of carbonyl (C=O) groups is 1. The van der Waals surface area contributed by atoms with Gasteiger partial charge in [-0.1, -0.05) is 77.5 Å². The average Bonchev–Trinajstić information content (AvgIpc) is 3.16. The van der Waals surface area contributed by atoms with Gasteiger partial charge in [-0.05, 0) is 54.3 Å². The molecule has 0 aliphatic carbocycles. The second kappa shape index (κ2) is 8.82. The Morgan fingerprint density at radius 1 is 1.07 bits per heavy atom. The summed E-state index contributed by atoms with van der Waals surface area (Å²) in [6.45, 7) is 4.59. The van der Waals surface area contributed by atoms with Crippen LogP contribution in [0.2, 0.25) is 5.02 Å². The minimum atomic E-state index is -0.132. The molecular weight excluding hydrogens is 412 g/mol. The Hall–Kier alpha value is -2.95. The van der Waals surface area contributed by atoms with Crippen molar-refractivity contribution < 1.29 is 4.79 Å². The van der Waals surface area contributed by atoms with Crippen LogP contribution in [0, 0.1) is 13.8 Å². The summed E-state index contributed by atoms with van der Waals surface area (Å²) in [7, 11) is 0. The number of halogens is 1. The van der Waals surface area contributed by atoms with Crippen molar-refractivity contribution in [3.8, 4) is 0 Å². The number of amides is 1. The Kier molecular flexibility index (Phi) is 5.98. The summed E-state index contributed by atoms with van der Waals surface area (Å²) in [5.74, 6) is -0.132. The van der Waals surface area contributed by atoms with Crippen LogP contribution in [0.25, 0.3) is 16.3 Å². The fraction of sp³-hybridized carbons (Fsp3) is 0.120. The number of nitrogens with zero attached hydrogens (tertiary/aromatic N) is 2. The lowest BCUT2D eigenvalue weighted by Gasteiger charge is -2.18. The van der Waals surface area contributed by atoms with Crippen molar-refractivity contribution in [1.29, 1.82) is 0 Å². The first kappa shape index (κ1) is 20.3. The van der Waals surface area contributed by atoms with E-state index in [0.29, 0.717) is 16.7 Å². The molecule has 1 heterocycles. The monoisotopic (exact) mass is 432 g/mol. The highest BCUT2D eigenvalue weighted by Crippen LogP contribution is 2.33. The molecule has 0 aliphatic heterocycles. The van der Waals surface area contributed by atoms with Gasteiger partial charge in [0.05, 0.1) is 16.8 Å². The van der Waals surface area contributed by atoms with Crippen LogP contribution in [-0.2, 0) is 11.3 Å². The summed E-state index contributed by atoms with van der Waals surface area (Å²) in [5.41, 5.74) is 5.12. The molecule has 0 bridgehead atoms. The van der Waals surface area contributed by atoms with E-state index in [2.05, 4.69) is 26.0 Å². The van der Waals surface area contributed by atoms with Crippen molar-refractivity contribution in [3.63, 3.8) is 0 Å². The SMILES string of the molecule is Cc1cc(C)c2sc(N(Cc3ccccc3)C(=O)/C=C/c3ccccc3Cl)nc2c1. The van der Waals surface area contributed by atoms with Crippen LogP contribution in [0.5, 0.6) is 0 Å². The number of carbonyl (C=O) groups excluding carboxylic acids is 1. The number of benzene rings is 3. The molecule has 150 valence electrons. The zero-order chi connectivity index (χ0) is 21.1. The maximum absolute atomic E-state index is 13.2. The molecule has 3 aromatic carbocycles. The molecule has 4 aromatic rings. The van der Waals surface area contributed by atoms with E-state index in [-0.39, 0.29) is 5.91 Å². The van der Waals surface area contributed by atoms with Crippen molar-refractivity contribution in [2.24, 2.45) is 0 Å². The lowest BCUT2D eigenvalue weighted by Crippen LogP contribution is -2.28. The van der Waals surface area contributed by atoms with Crippen LogP contribution in [0.3, 0.4) is 0 Å². The number of hydrogen-bond acceptors (Lipinski definition) is 3. The van der Waals surface area contributed by atoms with Crippen LogP contribution in [0.15, 0.2) is 72.8 Å². The number of anilines is 1. The molecule has 1 amide bonds. The van der Waals surface area contributed by atoms with Crippen molar-refractivity contribution in [3.05, 3.63) is 100 Å². The van der Waals surface area contributed by atoms with Crippen LogP contribution in [-0.4, -0.2) is 10.9 Å². The number of hydrogen-bond donors (Lipinski definition) is 0. The molecule has 0 spiro atoms. The van der Waals surface area contributed by atoms with Gasteiger partial charge in [-0.15, -0.1) is 0 Å². The molecule has 5 heteroatoms. The predicted molar refractivity (Wildman–Crippen MR) is 127 cm³/mol. The molecule has 4 rings (SSSR count). The normalized spacial score (nSPS) is 11.3. The van der Waals surface area contributed by atoms with E-state index < -0.39 is 0 Å². The number of aryl methyl sites for hydroxylation is 2. The highest BCUT2D eigenvalue weighted by atomic mass is 35.5. The summed E-state index contributed by atoms with van der Waals surface area (Å²) < 4.78 is 1.11. The molecule has 0 N–H and O–H groups in total. The highest BCUT2D eigenvalue weighted by Gasteiger charge is 2.19. The van der Waals surface area contributed by atoms with Crippen molar-refractivity contribution in [2.45, 2.75) is 20.4 Å². The second-order valence-electron chi connectivity index (χ2n) is 7.19. The lowest BCUT2D eigenvalue weighted by molar-refractivity contribution is -0.114. The van der Waals surface area contributed by atoms with Crippen LogP contribution < -0.4 is 4.90 Å². The van der Waals surface area contributed by atoms with E-state index in [1.165, 1.54) is 5.56 Å². The summed E-state index contributed by atoms with van der Waals surface area (Å²) in [6, 6.07) is 21.6. The minimum Gasteiger partial charge on any atom is -0.280 e.